The highest BCUT2D eigenvalue weighted by Crippen LogP contribution is 2.35. The minimum absolute atomic E-state index is 0.0161. The molecule has 0 bridgehead atoms. The van der Waals surface area contributed by atoms with E-state index in [0.29, 0.717) is 22.9 Å². The Kier molecular flexibility index (Phi) is 4.48. The van der Waals surface area contributed by atoms with Crippen LogP contribution >= 0.6 is 11.6 Å². The molecule has 1 saturated carbocycles. The van der Waals surface area contributed by atoms with Crippen molar-refractivity contribution in [2.45, 2.75) is 56.3 Å². The second kappa shape index (κ2) is 6.64. The number of fused-ring (bicyclic) bond motifs is 1. The SMILES string of the molecule is OC[C@H]1O[C@@H](n2ncc3c(NC4CCCC4)nc(Cl)nc32)[C@@H](F)[C@@H]1O. The number of anilines is 1. The van der Waals surface area contributed by atoms with Crippen LogP contribution in [0.15, 0.2) is 6.20 Å². The molecular formula is C15H19ClFN5O3. The van der Waals surface area contributed by atoms with Gasteiger partial charge in [0.05, 0.1) is 18.2 Å². The van der Waals surface area contributed by atoms with Gasteiger partial charge in [0, 0.05) is 6.04 Å². The van der Waals surface area contributed by atoms with Crippen LogP contribution in [0.1, 0.15) is 31.9 Å². The lowest BCUT2D eigenvalue weighted by atomic mass is 10.1. The fourth-order valence-electron chi connectivity index (χ4n) is 3.51. The van der Waals surface area contributed by atoms with Crippen LogP contribution in [0.2, 0.25) is 5.28 Å². The van der Waals surface area contributed by atoms with Crippen LogP contribution in [0.5, 0.6) is 0 Å². The van der Waals surface area contributed by atoms with Gasteiger partial charge in [0.25, 0.3) is 0 Å². The van der Waals surface area contributed by atoms with E-state index in [-0.39, 0.29) is 5.28 Å². The normalized spacial score (nSPS) is 30.4. The molecule has 0 radical (unpaired) electrons. The topological polar surface area (TPSA) is 105 Å². The first-order chi connectivity index (χ1) is 12.1. The molecule has 25 heavy (non-hydrogen) atoms. The Labute approximate surface area is 148 Å². The van der Waals surface area contributed by atoms with E-state index in [0.717, 1.165) is 12.8 Å². The van der Waals surface area contributed by atoms with Gasteiger partial charge >= 0.3 is 0 Å². The van der Waals surface area contributed by atoms with Crippen LogP contribution in [0.25, 0.3) is 11.0 Å². The number of alkyl halides is 1. The number of rotatable bonds is 4. The van der Waals surface area contributed by atoms with Gasteiger partial charge in [0.15, 0.2) is 18.0 Å². The highest BCUT2D eigenvalue weighted by Gasteiger charge is 2.46. The lowest BCUT2D eigenvalue weighted by Crippen LogP contribution is -2.30. The Bertz CT molecular complexity index is 769. The number of aromatic nitrogens is 4. The second-order valence-electron chi connectivity index (χ2n) is 6.48. The molecular weight excluding hydrogens is 353 g/mol. The van der Waals surface area contributed by atoms with Crippen molar-refractivity contribution in [2.75, 3.05) is 11.9 Å². The maximum absolute atomic E-state index is 14.4. The van der Waals surface area contributed by atoms with Gasteiger partial charge < -0.3 is 20.3 Å². The van der Waals surface area contributed by atoms with Crippen LogP contribution < -0.4 is 5.32 Å². The van der Waals surface area contributed by atoms with Crippen molar-refractivity contribution in [1.29, 1.82) is 0 Å². The summed E-state index contributed by atoms with van der Waals surface area (Å²) in [5.74, 6) is 0.556. The molecule has 1 aliphatic carbocycles. The van der Waals surface area contributed by atoms with Crippen molar-refractivity contribution in [3.05, 3.63) is 11.5 Å². The predicted molar refractivity (Wildman–Crippen MR) is 88.1 cm³/mol. The molecule has 2 aromatic heterocycles. The molecule has 8 nitrogen and oxygen atoms in total. The van der Waals surface area contributed by atoms with Gasteiger partial charge in [-0.2, -0.15) is 15.1 Å². The third-order valence-corrected chi connectivity index (χ3v) is 5.01. The smallest absolute Gasteiger partial charge is 0.226 e. The fourth-order valence-corrected chi connectivity index (χ4v) is 3.68. The molecule has 10 heteroatoms. The molecule has 2 aliphatic rings. The third-order valence-electron chi connectivity index (χ3n) is 4.84. The molecule has 1 saturated heterocycles. The molecule has 3 heterocycles. The van der Waals surface area contributed by atoms with Crippen LogP contribution in [-0.2, 0) is 4.74 Å². The Morgan fingerprint density at radius 1 is 1.36 bits per heavy atom. The largest absolute Gasteiger partial charge is 0.394 e. The summed E-state index contributed by atoms with van der Waals surface area (Å²) < 4.78 is 21.0. The van der Waals surface area contributed by atoms with Crippen molar-refractivity contribution in [3.8, 4) is 0 Å². The number of aliphatic hydroxyl groups is 2. The number of ether oxygens (including phenoxy) is 1. The van der Waals surface area contributed by atoms with Crippen molar-refractivity contribution < 1.29 is 19.3 Å². The van der Waals surface area contributed by atoms with Gasteiger partial charge in [-0.1, -0.05) is 12.8 Å². The quantitative estimate of drug-likeness (QED) is 0.698. The van der Waals surface area contributed by atoms with Gasteiger partial charge in [0.2, 0.25) is 5.28 Å². The Hall–Kier alpha value is -1.55. The third kappa shape index (κ3) is 2.95. The number of nitrogens with one attached hydrogen (secondary N) is 1. The molecule has 4 rings (SSSR count). The van der Waals surface area contributed by atoms with Crippen molar-refractivity contribution in [3.63, 3.8) is 0 Å². The van der Waals surface area contributed by atoms with Crippen LogP contribution in [-0.4, -0.2) is 61.0 Å². The molecule has 3 N–H and O–H groups in total. The van der Waals surface area contributed by atoms with Crippen LogP contribution in [0.4, 0.5) is 10.2 Å². The molecule has 0 amide bonds. The van der Waals surface area contributed by atoms with E-state index in [4.69, 9.17) is 16.3 Å². The standard InChI is InChI=1S/C15H19ClFN5O3/c16-15-20-12(19-7-3-1-2-4-7)8-5-18-22(13(8)21-15)14-10(17)11(24)9(6-23)25-14/h5,7,9-11,14,23-24H,1-4,6H2,(H,19,20,21)/t9-,10+,11-,14-/m1/s1. The highest BCUT2D eigenvalue weighted by atomic mass is 35.5. The van der Waals surface area contributed by atoms with Gasteiger partial charge in [-0.15, -0.1) is 0 Å². The van der Waals surface area contributed by atoms with E-state index in [2.05, 4.69) is 20.4 Å². The second-order valence-corrected chi connectivity index (χ2v) is 6.81. The summed E-state index contributed by atoms with van der Waals surface area (Å²) in [7, 11) is 0. The summed E-state index contributed by atoms with van der Waals surface area (Å²) in [5, 5.41) is 27.2. The van der Waals surface area contributed by atoms with Gasteiger partial charge in [-0.3, -0.25) is 0 Å². The fraction of sp³-hybridized carbons (Fsp3) is 0.667. The molecule has 2 aromatic rings. The van der Waals surface area contributed by atoms with E-state index in [9.17, 15) is 14.6 Å². The van der Waals surface area contributed by atoms with E-state index < -0.39 is 31.2 Å². The number of halogens is 2. The summed E-state index contributed by atoms with van der Waals surface area (Å²) in [4.78, 5) is 8.39. The Morgan fingerprint density at radius 2 is 2.12 bits per heavy atom. The number of aliphatic hydroxyl groups excluding tert-OH is 2. The molecule has 136 valence electrons. The number of hydrogen-bond acceptors (Lipinski definition) is 7. The van der Waals surface area contributed by atoms with Gasteiger partial charge in [-0.05, 0) is 24.4 Å². The zero-order valence-corrected chi connectivity index (χ0v) is 14.1. The Morgan fingerprint density at radius 3 is 2.80 bits per heavy atom. The summed E-state index contributed by atoms with van der Waals surface area (Å²) >= 11 is 6.04. The minimum Gasteiger partial charge on any atom is -0.394 e. The zero-order valence-electron chi connectivity index (χ0n) is 13.3. The monoisotopic (exact) mass is 371 g/mol. The zero-order chi connectivity index (χ0) is 17.6. The molecule has 2 fully saturated rings. The van der Waals surface area contributed by atoms with Gasteiger partial charge in [0.1, 0.15) is 18.0 Å². The minimum atomic E-state index is -1.74. The maximum atomic E-state index is 14.4. The summed E-state index contributed by atoms with van der Waals surface area (Å²) in [6.07, 6.45) is 0.611. The summed E-state index contributed by atoms with van der Waals surface area (Å²) in [5.41, 5.74) is 0.318. The first-order valence-electron chi connectivity index (χ1n) is 8.34. The van der Waals surface area contributed by atoms with E-state index in [1.807, 2.05) is 0 Å². The average Bonchev–Trinajstić information content (AvgIpc) is 3.29. The Balaban J connectivity index is 1.70. The van der Waals surface area contributed by atoms with E-state index >= 15 is 0 Å². The molecule has 0 spiro atoms. The lowest BCUT2D eigenvalue weighted by Gasteiger charge is -2.16. The van der Waals surface area contributed by atoms with E-state index in [1.54, 1.807) is 0 Å². The first-order valence-corrected chi connectivity index (χ1v) is 8.72. The van der Waals surface area contributed by atoms with Crippen molar-refractivity contribution in [2.24, 2.45) is 0 Å². The van der Waals surface area contributed by atoms with Crippen LogP contribution in [0.3, 0.4) is 0 Å². The van der Waals surface area contributed by atoms with Crippen molar-refractivity contribution >= 4 is 28.5 Å². The first kappa shape index (κ1) is 16.9. The summed E-state index contributed by atoms with van der Waals surface area (Å²) in [6.45, 7) is -0.485. The molecule has 0 aromatic carbocycles. The van der Waals surface area contributed by atoms with Crippen LogP contribution in [0, 0.1) is 0 Å². The van der Waals surface area contributed by atoms with Gasteiger partial charge in [-0.25, -0.2) is 9.07 Å². The number of nitrogens with zero attached hydrogens (tertiary/aromatic N) is 4. The average molecular weight is 372 g/mol. The maximum Gasteiger partial charge on any atom is 0.226 e. The highest BCUT2D eigenvalue weighted by molar-refractivity contribution is 6.28. The lowest BCUT2D eigenvalue weighted by molar-refractivity contribution is -0.0505. The van der Waals surface area contributed by atoms with Crippen molar-refractivity contribution in [1.82, 2.24) is 19.7 Å². The van der Waals surface area contributed by atoms with E-state index in [1.165, 1.54) is 23.7 Å². The predicted octanol–water partition coefficient (Wildman–Crippen LogP) is 1.42. The summed E-state index contributed by atoms with van der Waals surface area (Å²) in [6, 6.07) is 0.315. The number of hydrogen-bond donors (Lipinski definition) is 3. The molecule has 0 unspecified atom stereocenters. The molecule has 4 atom stereocenters. The molecule has 1 aliphatic heterocycles.